The number of ether oxygens (including phenoxy) is 1. The van der Waals surface area contributed by atoms with Gasteiger partial charge in [-0.15, -0.1) is 0 Å². The van der Waals surface area contributed by atoms with E-state index in [1.54, 1.807) is 30.3 Å². The number of hydrogen-bond donors (Lipinski definition) is 2. The largest absolute Gasteiger partial charge is 0.482 e. The van der Waals surface area contributed by atoms with E-state index in [0.717, 1.165) is 11.4 Å². The normalized spacial score (nSPS) is 13.0. The van der Waals surface area contributed by atoms with Crippen LogP contribution in [-0.2, 0) is 4.79 Å². The summed E-state index contributed by atoms with van der Waals surface area (Å²) in [5, 5.41) is 5.76. The predicted octanol–water partition coefficient (Wildman–Crippen LogP) is 1.67. The Morgan fingerprint density at radius 1 is 1.28 bits per heavy atom. The fourth-order valence-corrected chi connectivity index (χ4v) is 2.71. The Bertz CT molecular complexity index is 778. The molecule has 2 N–H and O–H groups in total. The van der Waals surface area contributed by atoms with E-state index < -0.39 is 0 Å². The third kappa shape index (κ3) is 3.71. The lowest BCUT2D eigenvalue weighted by Crippen LogP contribution is -2.39. The quantitative estimate of drug-likeness (QED) is 0.782. The Morgan fingerprint density at radius 2 is 2.12 bits per heavy atom. The first kappa shape index (κ1) is 16.8. The van der Waals surface area contributed by atoms with Gasteiger partial charge in [0.2, 0.25) is 0 Å². The number of nitrogens with one attached hydrogen (secondary N) is 2. The molecule has 2 aromatic rings. The number of rotatable bonds is 6. The van der Waals surface area contributed by atoms with Crippen molar-refractivity contribution in [1.82, 2.24) is 10.3 Å². The number of pyridine rings is 1. The van der Waals surface area contributed by atoms with Crippen LogP contribution in [0.25, 0.3) is 0 Å². The molecule has 0 aliphatic carbocycles. The molecule has 0 atom stereocenters. The van der Waals surface area contributed by atoms with Crippen LogP contribution in [0.4, 0.5) is 11.5 Å². The molecule has 0 saturated heterocycles. The highest BCUT2D eigenvalue weighted by atomic mass is 16.5. The minimum absolute atomic E-state index is 0.0532. The van der Waals surface area contributed by atoms with Crippen molar-refractivity contribution < 1.29 is 14.3 Å². The van der Waals surface area contributed by atoms with Crippen LogP contribution in [-0.4, -0.2) is 43.5 Å². The minimum atomic E-state index is -0.187. The van der Waals surface area contributed by atoms with Crippen molar-refractivity contribution in [3.05, 3.63) is 48.2 Å². The van der Waals surface area contributed by atoms with Gasteiger partial charge in [0.25, 0.3) is 11.8 Å². The van der Waals surface area contributed by atoms with Crippen LogP contribution < -0.4 is 20.3 Å². The van der Waals surface area contributed by atoms with Crippen LogP contribution in [0.2, 0.25) is 0 Å². The molecule has 0 bridgehead atoms. The highest BCUT2D eigenvalue weighted by Crippen LogP contribution is 2.31. The first-order valence-electron chi connectivity index (χ1n) is 8.14. The number of anilines is 2. The van der Waals surface area contributed by atoms with Crippen molar-refractivity contribution >= 4 is 23.3 Å². The van der Waals surface area contributed by atoms with Crippen LogP contribution in [0.1, 0.15) is 16.8 Å². The molecule has 0 fully saturated rings. The maximum Gasteiger partial charge on any atom is 0.265 e. The van der Waals surface area contributed by atoms with Crippen LogP contribution in [0.15, 0.2) is 42.6 Å². The number of amides is 2. The zero-order valence-corrected chi connectivity index (χ0v) is 14.0. The van der Waals surface area contributed by atoms with E-state index in [-0.39, 0.29) is 18.4 Å². The van der Waals surface area contributed by atoms with Gasteiger partial charge in [-0.2, -0.15) is 0 Å². The lowest BCUT2D eigenvalue weighted by molar-refractivity contribution is -0.121. The molecule has 3 rings (SSSR count). The van der Waals surface area contributed by atoms with Gasteiger partial charge in [-0.3, -0.25) is 9.59 Å². The van der Waals surface area contributed by atoms with Gasteiger partial charge in [-0.25, -0.2) is 4.98 Å². The standard InChI is InChI=1S/C18H20N4O3/c1-19-18(24)13-6-4-9-20-17(13)21-10-5-11-22-14-7-2-3-8-15(14)25-12-16(22)23/h2-4,6-9H,5,10-12H2,1H3,(H,19,24)(H,20,21). The first-order chi connectivity index (χ1) is 12.2. The molecule has 0 spiro atoms. The van der Waals surface area contributed by atoms with E-state index in [0.29, 0.717) is 30.9 Å². The van der Waals surface area contributed by atoms with Crippen LogP contribution >= 0.6 is 0 Å². The van der Waals surface area contributed by atoms with E-state index in [2.05, 4.69) is 15.6 Å². The zero-order valence-electron chi connectivity index (χ0n) is 14.0. The molecule has 1 aliphatic heterocycles. The van der Waals surface area contributed by atoms with Crippen molar-refractivity contribution in [3.63, 3.8) is 0 Å². The molecular formula is C18H20N4O3. The van der Waals surface area contributed by atoms with E-state index in [1.165, 1.54) is 0 Å². The molecule has 130 valence electrons. The summed E-state index contributed by atoms with van der Waals surface area (Å²) in [6.07, 6.45) is 2.35. The third-order valence-corrected chi connectivity index (χ3v) is 3.94. The number of aromatic nitrogens is 1. The maximum absolute atomic E-state index is 12.1. The van der Waals surface area contributed by atoms with Gasteiger partial charge in [-0.05, 0) is 30.7 Å². The SMILES string of the molecule is CNC(=O)c1cccnc1NCCCN1C(=O)COc2ccccc21. The predicted molar refractivity (Wildman–Crippen MR) is 95.0 cm³/mol. The van der Waals surface area contributed by atoms with Gasteiger partial charge < -0.3 is 20.3 Å². The molecular weight excluding hydrogens is 320 g/mol. The summed E-state index contributed by atoms with van der Waals surface area (Å²) in [5.41, 5.74) is 1.29. The summed E-state index contributed by atoms with van der Waals surface area (Å²) in [7, 11) is 1.58. The number of hydrogen-bond acceptors (Lipinski definition) is 5. The van der Waals surface area contributed by atoms with Gasteiger partial charge in [0.1, 0.15) is 11.6 Å². The molecule has 1 aromatic carbocycles. The lowest BCUT2D eigenvalue weighted by Gasteiger charge is -2.29. The van der Waals surface area contributed by atoms with Gasteiger partial charge in [0.05, 0.1) is 11.3 Å². The second-order valence-electron chi connectivity index (χ2n) is 5.56. The maximum atomic E-state index is 12.1. The smallest absolute Gasteiger partial charge is 0.265 e. The molecule has 7 heteroatoms. The Kier molecular flexibility index (Phi) is 5.13. The van der Waals surface area contributed by atoms with Gasteiger partial charge in [0.15, 0.2) is 6.61 Å². The van der Waals surface area contributed by atoms with Crippen LogP contribution in [0, 0.1) is 0 Å². The fraction of sp³-hybridized carbons (Fsp3) is 0.278. The average molecular weight is 340 g/mol. The average Bonchev–Trinajstić information content (AvgIpc) is 2.66. The Labute approximate surface area is 146 Å². The van der Waals surface area contributed by atoms with Gasteiger partial charge in [-0.1, -0.05) is 12.1 Å². The molecule has 0 unspecified atom stereocenters. The Morgan fingerprint density at radius 3 is 2.96 bits per heavy atom. The number of benzene rings is 1. The zero-order chi connectivity index (χ0) is 17.6. The van der Waals surface area contributed by atoms with Crippen molar-refractivity contribution in [2.75, 3.05) is 37.0 Å². The second kappa shape index (κ2) is 7.65. The molecule has 2 amide bonds. The summed E-state index contributed by atoms with van der Waals surface area (Å²) in [5.74, 6) is 1.02. The molecule has 25 heavy (non-hydrogen) atoms. The molecule has 7 nitrogen and oxygen atoms in total. The van der Waals surface area contributed by atoms with Crippen LogP contribution in [0.3, 0.4) is 0 Å². The summed E-state index contributed by atoms with van der Waals surface area (Å²) >= 11 is 0. The van der Waals surface area contributed by atoms with Crippen molar-refractivity contribution in [2.24, 2.45) is 0 Å². The molecule has 2 heterocycles. The molecule has 0 saturated carbocycles. The highest BCUT2D eigenvalue weighted by Gasteiger charge is 2.24. The van der Waals surface area contributed by atoms with E-state index >= 15 is 0 Å². The van der Waals surface area contributed by atoms with Crippen molar-refractivity contribution in [1.29, 1.82) is 0 Å². The Hall–Kier alpha value is -3.09. The monoisotopic (exact) mass is 340 g/mol. The van der Waals surface area contributed by atoms with Gasteiger partial charge in [0, 0.05) is 26.3 Å². The number of carbonyl (C=O) groups is 2. The highest BCUT2D eigenvalue weighted by molar-refractivity contribution is 5.98. The Balaban J connectivity index is 1.59. The van der Waals surface area contributed by atoms with E-state index in [1.807, 2.05) is 24.3 Å². The number of nitrogens with zero attached hydrogens (tertiary/aromatic N) is 2. The topological polar surface area (TPSA) is 83.6 Å². The van der Waals surface area contributed by atoms with Gasteiger partial charge >= 0.3 is 0 Å². The molecule has 0 radical (unpaired) electrons. The van der Waals surface area contributed by atoms with Crippen LogP contribution in [0.5, 0.6) is 5.75 Å². The van der Waals surface area contributed by atoms with Crippen molar-refractivity contribution in [2.45, 2.75) is 6.42 Å². The summed E-state index contributed by atoms with van der Waals surface area (Å²) < 4.78 is 5.43. The lowest BCUT2D eigenvalue weighted by atomic mass is 10.2. The third-order valence-electron chi connectivity index (χ3n) is 3.94. The first-order valence-corrected chi connectivity index (χ1v) is 8.14. The number of carbonyl (C=O) groups excluding carboxylic acids is 2. The second-order valence-corrected chi connectivity index (χ2v) is 5.56. The molecule has 1 aromatic heterocycles. The van der Waals surface area contributed by atoms with Crippen molar-refractivity contribution in [3.8, 4) is 5.75 Å². The fourth-order valence-electron chi connectivity index (χ4n) is 2.71. The van der Waals surface area contributed by atoms with E-state index in [9.17, 15) is 9.59 Å². The summed E-state index contributed by atoms with van der Waals surface area (Å²) in [6, 6.07) is 10.9. The number of fused-ring (bicyclic) bond motifs is 1. The summed E-state index contributed by atoms with van der Waals surface area (Å²) in [6.45, 7) is 1.22. The molecule has 1 aliphatic rings. The van der Waals surface area contributed by atoms with E-state index in [4.69, 9.17) is 4.74 Å². The minimum Gasteiger partial charge on any atom is -0.482 e. The summed E-state index contributed by atoms with van der Waals surface area (Å²) in [4.78, 5) is 29.9. The number of para-hydroxylation sites is 2.